The molecule has 12 aromatic rings. The Morgan fingerprint density at radius 3 is 0.594 bits per heavy atom. The molecule has 0 aromatic heterocycles. The smallest absolute Gasteiger partial charge is 0.302 e. The van der Waals surface area contributed by atoms with Crippen molar-refractivity contribution in [1.29, 1.82) is 0 Å². The van der Waals surface area contributed by atoms with E-state index >= 15 is 0 Å². The van der Waals surface area contributed by atoms with Gasteiger partial charge < -0.3 is 99.5 Å². The van der Waals surface area contributed by atoms with Gasteiger partial charge in [-0.25, -0.2) is 0 Å². The molecule has 20 atom stereocenters. The molecule has 16 rings (SSSR count). The van der Waals surface area contributed by atoms with Gasteiger partial charge in [0.25, 0.3) is 0 Å². The molecule has 0 aliphatic carbocycles. The molecule has 12 aromatic carbocycles. The summed E-state index contributed by atoms with van der Waals surface area (Å²) in [5.74, 6) is -0.601. The summed E-state index contributed by atoms with van der Waals surface area (Å²) >= 11 is 0. The summed E-state index contributed by atoms with van der Waals surface area (Å²) in [4.78, 5) is 13.8. The van der Waals surface area contributed by atoms with Crippen LogP contribution < -0.4 is 0 Å². The Morgan fingerprint density at radius 1 is 0.203 bits per heavy atom. The number of carbonyl (C=O) groups excluding carboxylic acids is 1. The first-order valence-corrected chi connectivity index (χ1v) is 45.7. The van der Waals surface area contributed by atoms with E-state index in [1.165, 1.54) is 6.92 Å². The maximum Gasteiger partial charge on any atom is 0.302 e. The first kappa shape index (κ1) is 95.5. The van der Waals surface area contributed by atoms with E-state index in [2.05, 4.69) is 0 Å². The molecule has 22 heteroatoms. The predicted octanol–water partition coefficient (Wildman–Crippen LogP) is 18.2. The van der Waals surface area contributed by atoms with E-state index in [9.17, 15) is 4.79 Å². The molecule has 694 valence electrons. The van der Waals surface area contributed by atoms with Crippen LogP contribution in [0, 0.1) is 0 Å². The molecule has 0 spiro atoms. The first-order chi connectivity index (χ1) is 65.7. The minimum Gasteiger partial charge on any atom is -0.463 e. The van der Waals surface area contributed by atoms with E-state index in [1.807, 2.05) is 364 Å². The van der Waals surface area contributed by atoms with Crippen LogP contribution >= 0.6 is 0 Å². The van der Waals surface area contributed by atoms with Crippen molar-refractivity contribution < 1.29 is 104 Å². The third kappa shape index (κ3) is 28.2. The Morgan fingerprint density at radius 2 is 0.376 bits per heavy atom. The zero-order valence-corrected chi connectivity index (χ0v) is 75.0. The van der Waals surface area contributed by atoms with Gasteiger partial charge >= 0.3 is 5.97 Å². The third-order valence-electron chi connectivity index (χ3n) is 23.7. The van der Waals surface area contributed by atoms with E-state index < -0.39 is 135 Å². The number of methoxy groups -OCH3 is 1. The quantitative estimate of drug-likeness (QED) is 0.0324. The van der Waals surface area contributed by atoms with E-state index in [1.54, 1.807) is 7.11 Å². The standard InChI is InChI=1S/C111H118O22/c1-79(112)117-78-95-99(133-109-105(123-71-88-55-31-11-32-56-88)100(118-66-83-45-21-6-22-46-83)96(113-2)92(128-109)75-114-63-80-39-15-3-16-40-80)103(121-69-86-51-27-9-28-52-86)107(125-73-90-59-35-13-36-60-90)111(130-95)132-98-94(77-116-65-82-43-19-5-20-44-82)129-110(106(124-72-89-57-33-12-34-58-89)102(98)120-68-85-49-25-8-26-50-85)131-97-93(76-115-64-81-41-17-4-18-42-81)127-108(126-74-91-61-37-14-38-62-91)104(122-70-87-53-29-10-30-54-87)101(97)119-67-84-47-23-7-24-48-84/h3-62,92-111H,63-78H2,1-2H3/t92-,93-,94-,95-,96+,97+,98+,99+,100+,101+,102+,103+,104-,105-,106-,107-,108-,109+,110+,111+/m1/s1. The summed E-state index contributed by atoms with van der Waals surface area (Å²) in [5.41, 5.74) is 10.5. The van der Waals surface area contributed by atoms with E-state index in [0.717, 1.165) is 66.8 Å². The lowest BCUT2D eigenvalue weighted by Crippen LogP contribution is -2.69. The van der Waals surface area contributed by atoms with Crippen LogP contribution in [0.2, 0.25) is 0 Å². The highest BCUT2D eigenvalue weighted by Crippen LogP contribution is 2.42. The molecule has 0 saturated carbocycles. The molecule has 4 heterocycles. The van der Waals surface area contributed by atoms with E-state index in [4.69, 9.17) is 99.5 Å². The van der Waals surface area contributed by atoms with Crippen LogP contribution in [0.1, 0.15) is 73.7 Å². The van der Waals surface area contributed by atoms with Crippen molar-refractivity contribution in [3.05, 3.63) is 431 Å². The van der Waals surface area contributed by atoms with Crippen molar-refractivity contribution in [2.24, 2.45) is 0 Å². The zero-order valence-electron chi connectivity index (χ0n) is 75.0. The lowest BCUT2D eigenvalue weighted by molar-refractivity contribution is -0.403. The molecule has 0 bridgehead atoms. The fraction of sp³-hybridized carbons (Fsp3) is 0.342. The number of benzene rings is 12. The fourth-order valence-electron chi connectivity index (χ4n) is 16.9. The molecule has 4 saturated heterocycles. The molecular weight excluding hydrogens is 1690 g/mol. The average Bonchev–Trinajstić information content (AvgIpc) is 0.756. The lowest BCUT2D eigenvalue weighted by atomic mass is 9.94. The van der Waals surface area contributed by atoms with Crippen molar-refractivity contribution in [2.45, 2.75) is 209 Å². The number of esters is 1. The van der Waals surface area contributed by atoms with Crippen LogP contribution in [0.4, 0.5) is 0 Å². The number of ether oxygens (including phenoxy) is 21. The Bertz CT molecular complexity index is 5220. The van der Waals surface area contributed by atoms with Gasteiger partial charge in [-0.05, 0) is 66.8 Å². The van der Waals surface area contributed by atoms with Crippen molar-refractivity contribution in [3.8, 4) is 0 Å². The van der Waals surface area contributed by atoms with E-state index in [0.29, 0.717) is 0 Å². The summed E-state index contributed by atoms with van der Waals surface area (Å²) in [7, 11) is 1.62. The van der Waals surface area contributed by atoms with E-state index in [-0.39, 0.29) is 99.1 Å². The zero-order chi connectivity index (χ0) is 90.6. The van der Waals surface area contributed by atoms with Gasteiger partial charge in [-0.15, -0.1) is 0 Å². The first-order valence-electron chi connectivity index (χ1n) is 45.7. The van der Waals surface area contributed by atoms with Gasteiger partial charge in [0.15, 0.2) is 25.2 Å². The molecule has 4 aliphatic rings. The van der Waals surface area contributed by atoms with Crippen LogP contribution in [-0.4, -0.2) is 162 Å². The normalized spacial score (nSPS) is 25.3. The lowest BCUT2D eigenvalue weighted by Gasteiger charge is -2.52. The molecule has 0 N–H and O–H groups in total. The van der Waals surface area contributed by atoms with Crippen LogP contribution in [0.25, 0.3) is 0 Å². The molecule has 0 amide bonds. The minimum absolute atomic E-state index is 0.00450. The second kappa shape index (κ2) is 51.1. The van der Waals surface area contributed by atoms with Crippen LogP contribution in [-0.2, 0) is 184 Å². The molecule has 4 fully saturated rings. The van der Waals surface area contributed by atoms with Gasteiger partial charge in [0.05, 0.1) is 99.1 Å². The highest BCUT2D eigenvalue weighted by molar-refractivity contribution is 5.65. The molecule has 133 heavy (non-hydrogen) atoms. The van der Waals surface area contributed by atoms with Gasteiger partial charge in [-0.2, -0.15) is 0 Å². The second-order valence-corrected chi connectivity index (χ2v) is 33.4. The van der Waals surface area contributed by atoms with Crippen LogP contribution in [0.3, 0.4) is 0 Å². The van der Waals surface area contributed by atoms with Crippen LogP contribution in [0.5, 0.6) is 0 Å². The minimum atomic E-state index is -1.51. The Hall–Kier alpha value is -10.7. The summed E-state index contributed by atoms with van der Waals surface area (Å²) in [6.07, 6.45) is -23.0. The van der Waals surface area contributed by atoms with Crippen molar-refractivity contribution >= 4 is 5.97 Å². The van der Waals surface area contributed by atoms with Gasteiger partial charge in [-0.1, -0.05) is 364 Å². The molecular formula is C111H118O22. The van der Waals surface area contributed by atoms with Gasteiger partial charge in [-0.3, -0.25) is 4.79 Å². The highest BCUT2D eigenvalue weighted by atomic mass is 16.8. The molecule has 4 aliphatic heterocycles. The summed E-state index contributed by atoms with van der Waals surface area (Å²) < 4.78 is 154. The predicted molar refractivity (Wildman–Crippen MR) is 496 cm³/mol. The maximum absolute atomic E-state index is 13.8. The van der Waals surface area contributed by atoms with Gasteiger partial charge in [0, 0.05) is 14.0 Å². The number of hydrogen-bond acceptors (Lipinski definition) is 22. The number of hydrogen-bond donors (Lipinski definition) is 0. The average molecular weight is 1800 g/mol. The molecule has 0 unspecified atom stereocenters. The summed E-state index contributed by atoms with van der Waals surface area (Å²) in [5, 5.41) is 0. The van der Waals surface area contributed by atoms with Gasteiger partial charge in [0.2, 0.25) is 0 Å². The Labute approximate surface area is 779 Å². The summed E-state index contributed by atoms with van der Waals surface area (Å²) in [6, 6.07) is 119. The molecule has 22 nitrogen and oxygen atoms in total. The highest BCUT2D eigenvalue weighted by Gasteiger charge is 2.59. The number of carbonyl (C=O) groups is 1. The maximum atomic E-state index is 13.8. The number of rotatable bonds is 48. The van der Waals surface area contributed by atoms with Crippen LogP contribution in [0.15, 0.2) is 364 Å². The topological polar surface area (TPSA) is 211 Å². The third-order valence-corrected chi connectivity index (χ3v) is 23.7. The fourth-order valence-corrected chi connectivity index (χ4v) is 16.9. The Kier molecular flexibility index (Phi) is 36.7. The van der Waals surface area contributed by atoms with Crippen molar-refractivity contribution in [2.75, 3.05) is 33.5 Å². The molecule has 0 radical (unpaired) electrons. The summed E-state index contributed by atoms with van der Waals surface area (Å²) in [6.45, 7) is 2.10. The SMILES string of the molecule is CO[C@@H]1[C@H](OCc2ccccc2)[C@@H](OCc2ccccc2)[C@H](O[C@@H]2[C@H](OCc3ccccc3)[C@@H](OCc3ccccc3)[C@H](O[C@@H]3[C@H](OCc4ccccc4)[C@@H](OCc4ccccc4)[C@H](O[C@@H]4[C@H](OCc5ccccc5)[C@@H](OCc5ccccc5)[C@H](OCc5ccccc5)O[C@@H]4COCc4ccccc4)O[C@@H]3COCc3ccccc3)O[C@@H]2COC(C)=O)O[C@@H]1COCc1ccccc1. The monoisotopic (exact) mass is 1800 g/mol. The second-order valence-electron chi connectivity index (χ2n) is 33.4. The largest absolute Gasteiger partial charge is 0.463 e. The van der Waals surface area contributed by atoms with Crippen molar-refractivity contribution in [3.63, 3.8) is 0 Å². The van der Waals surface area contributed by atoms with Crippen molar-refractivity contribution in [1.82, 2.24) is 0 Å². The van der Waals surface area contributed by atoms with Gasteiger partial charge in [0.1, 0.15) is 104 Å². The Balaban J connectivity index is 0.833.